The van der Waals surface area contributed by atoms with Crippen molar-refractivity contribution in [3.05, 3.63) is 59.2 Å². The van der Waals surface area contributed by atoms with Crippen molar-refractivity contribution < 1.29 is 0 Å². The summed E-state index contributed by atoms with van der Waals surface area (Å²) < 4.78 is 0. The highest BCUT2D eigenvalue weighted by molar-refractivity contribution is 5.70. The Balaban J connectivity index is 1.54. The van der Waals surface area contributed by atoms with E-state index in [4.69, 9.17) is 0 Å². The van der Waals surface area contributed by atoms with E-state index in [9.17, 15) is 0 Å². The molecule has 0 saturated heterocycles. The number of hydrogen-bond donors (Lipinski definition) is 0. The lowest BCUT2D eigenvalue weighted by Crippen LogP contribution is -2.16. The largest absolute Gasteiger partial charge is 0.0622 e. The lowest BCUT2D eigenvalue weighted by molar-refractivity contribution is 0.354. The van der Waals surface area contributed by atoms with Crippen LogP contribution in [0.1, 0.15) is 113 Å². The van der Waals surface area contributed by atoms with Crippen LogP contribution in [-0.2, 0) is 19.3 Å². The maximum Gasteiger partial charge on any atom is -0.0149 e. The minimum atomic E-state index is 0.891. The van der Waals surface area contributed by atoms with E-state index in [0.29, 0.717) is 0 Å². The lowest BCUT2D eigenvalue weighted by Gasteiger charge is -2.28. The van der Waals surface area contributed by atoms with Crippen LogP contribution < -0.4 is 0 Å². The SMILES string of the molecule is c1ccc(-c2ccc(CC3CCCC3)c(CC3CCCCC3)c2CC2CCCCCC2)cc1. The summed E-state index contributed by atoms with van der Waals surface area (Å²) in [6.07, 6.45) is 25.9. The molecule has 2 aromatic rings. The molecule has 0 N–H and O–H groups in total. The van der Waals surface area contributed by atoms with Crippen LogP contribution in [0, 0.1) is 17.8 Å². The predicted molar refractivity (Wildman–Crippen MR) is 143 cm³/mol. The monoisotopic (exact) mass is 442 g/mol. The average molecular weight is 443 g/mol. The molecule has 0 aromatic heterocycles. The van der Waals surface area contributed by atoms with Gasteiger partial charge in [-0.3, -0.25) is 0 Å². The number of benzene rings is 2. The van der Waals surface area contributed by atoms with Gasteiger partial charge in [0.15, 0.2) is 0 Å². The van der Waals surface area contributed by atoms with Crippen molar-refractivity contribution >= 4 is 0 Å². The molecule has 0 bridgehead atoms. The Morgan fingerprint density at radius 1 is 0.455 bits per heavy atom. The van der Waals surface area contributed by atoms with E-state index in [0.717, 1.165) is 17.8 Å². The first-order valence-electron chi connectivity index (χ1n) is 14.6. The van der Waals surface area contributed by atoms with Gasteiger partial charge in [-0.2, -0.15) is 0 Å². The standard InChI is InChI=1S/C33H46/c1-2-6-14-28(13-5-1)25-33-31(29-19-9-4-10-20-29)22-21-30(23-26-17-11-12-18-26)32(33)24-27-15-7-3-8-16-27/h4,9-10,19-22,26-28H,1-3,5-8,11-18,23-25H2. The molecule has 33 heavy (non-hydrogen) atoms. The molecule has 3 saturated carbocycles. The van der Waals surface area contributed by atoms with Crippen molar-refractivity contribution in [3.8, 4) is 11.1 Å². The molecule has 0 unspecified atom stereocenters. The van der Waals surface area contributed by atoms with Gasteiger partial charge in [-0.25, -0.2) is 0 Å². The Kier molecular flexibility index (Phi) is 8.24. The third kappa shape index (κ3) is 6.12. The van der Waals surface area contributed by atoms with Crippen molar-refractivity contribution in [2.45, 2.75) is 116 Å². The van der Waals surface area contributed by atoms with Crippen LogP contribution in [-0.4, -0.2) is 0 Å². The molecule has 0 spiro atoms. The van der Waals surface area contributed by atoms with Crippen molar-refractivity contribution in [1.82, 2.24) is 0 Å². The topological polar surface area (TPSA) is 0 Å². The molecule has 0 heterocycles. The molecule has 3 aliphatic carbocycles. The minimum absolute atomic E-state index is 0.891. The minimum Gasteiger partial charge on any atom is -0.0622 e. The van der Waals surface area contributed by atoms with Crippen LogP contribution in [0.25, 0.3) is 11.1 Å². The van der Waals surface area contributed by atoms with Gasteiger partial charge in [0.2, 0.25) is 0 Å². The summed E-state index contributed by atoms with van der Waals surface area (Å²) in [5.41, 5.74) is 8.30. The smallest absolute Gasteiger partial charge is 0.0149 e. The molecule has 0 aliphatic heterocycles. The zero-order valence-corrected chi connectivity index (χ0v) is 21.0. The van der Waals surface area contributed by atoms with Crippen molar-refractivity contribution in [2.75, 3.05) is 0 Å². The van der Waals surface area contributed by atoms with Gasteiger partial charge in [-0.05, 0) is 64.8 Å². The summed E-state index contributed by atoms with van der Waals surface area (Å²) in [6.45, 7) is 0. The van der Waals surface area contributed by atoms with Gasteiger partial charge in [0, 0.05) is 0 Å². The van der Waals surface area contributed by atoms with Crippen molar-refractivity contribution in [2.24, 2.45) is 17.8 Å². The number of rotatable bonds is 7. The second kappa shape index (κ2) is 11.7. The summed E-state index contributed by atoms with van der Waals surface area (Å²) in [7, 11) is 0. The second-order valence-corrected chi connectivity index (χ2v) is 11.7. The van der Waals surface area contributed by atoms with Crippen LogP contribution in [0.4, 0.5) is 0 Å². The van der Waals surface area contributed by atoms with Gasteiger partial charge in [0.05, 0.1) is 0 Å². The van der Waals surface area contributed by atoms with E-state index in [2.05, 4.69) is 42.5 Å². The van der Waals surface area contributed by atoms with Crippen molar-refractivity contribution in [1.29, 1.82) is 0 Å². The second-order valence-electron chi connectivity index (χ2n) is 11.7. The van der Waals surface area contributed by atoms with Crippen LogP contribution >= 0.6 is 0 Å². The van der Waals surface area contributed by atoms with Gasteiger partial charge in [0.25, 0.3) is 0 Å². The van der Waals surface area contributed by atoms with E-state index in [1.165, 1.54) is 121 Å². The fourth-order valence-electron chi connectivity index (χ4n) is 7.37. The molecule has 3 fully saturated rings. The fourth-order valence-corrected chi connectivity index (χ4v) is 7.37. The lowest BCUT2D eigenvalue weighted by atomic mass is 9.77. The average Bonchev–Trinajstić information content (AvgIpc) is 3.24. The summed E-state index contributed by atoms with van der Waals surface area (Å²) in [5, 5.41) is 0. The summed E-state index contributed by atoms with van der Waals surface area (Å²) in [4.78, 5) is 0. The Morgan fingerprint density at radius 3 is 1.55 bits per heavy atom. The Hall–Kier alpha value is -1.56. The summed E-state index contributed by atoms with van der Waals surface area (Å²) >= 11 is 0. The predicted octanol–water partition coefficient (Wildman–Crippen LogP) is 9.72. The first-order valence-corrected chi connectivity index (χ1v) is 14.6. The first kappa shape index (κ1) is 23.2. The highest BCUT2D eigenvalue weighted by atomic mass is 14.3. The van der Waals surface area contributed by atoms with Gasteiger partial charge < -0.3 is 0 Å². The van der Waals surface area contributed by atoms with Crippen LogP contribution in [0.5, 0.6) is 0 Å². The zero-order chi connectivity index (χ0) is 22.3. The van der Waals surface area contributed by atoms with Crippen LogP contribution in [0.2, 0.25) is 0 Å². The third-order valence-electron chi connectivity index (χ3n) is 9.28. The van der Waals surface area contributed by atoms with E-state index in [1.807, 2.05) is 0 Å². The van der Waals surface area contributed by atoms with E-state index < -0.39 is 0 Å². The highest BCUT2D eigenvalue weighted by Gasteiger charge is 2.25. The maximum absolute atomic E-state index is 2.56. The highest BCUT2D eigenvalue weighted by Crippen LogP contribution is 2.39. The molecule has 3 aliphatic rings. The molecule has 0 heteroatoms. The first-order chi connectivity index (χ1) is 16.4. The molecular formula is C33H46. The van der Waals surface area contributed by atoms with Crippen molar-refractivity contribution in [3.63, 3.8) is 0 Å². The molecule has 0 atom stereocenters. The fraction of sp³-hybridized carbons (Fsp3) is 0.636. The number of hydrogen-bond acceptors (Lipinski definition) is 0. The quantitative estimate of drug-likeness (QED) is 0.374. The molecule has 178 valence electrons. The van der Waals surface area contributed by atoms with Gasteiger partial charge >= 0.3 is 0 Å². The summed E-state index contributed by atoms with van der Waals surface area (Å²) in [5.74, 6) is 2.74. The molecule has 0 amide bonds. The Morgan fingerprint density at radius 2 is 0.939 bits per heavy atom. The van der Waals surface area contributed by atoms with E-state index in [1.54, 1.807) is 22.3 Å². The Bertz CT molecular complexity index is 843. The van der Waals surface area contributed by atoms with Gasteiger partial charge in [-0.15, -0.1) is 0 Å². The third-order valence-corrected chi connectivity index (χ3v) is 9.28. The van der Waals surface area contributed by atoms with Crippen LogP contribution in [0.15, 0.2) is 42.5 Å². The van der Waals surface area contributed by atoms with Gasteiger partial charge in [0.1, 0.15) is 0 Å². The molecule has 5 rings (SSSR count). The van der Waals surface area contributed by atoms with Crippen LogP contribution in [0.3, 0.4) is 0 Å². The Labute approximate surface area is 203 Å². The van der Waals surface area contributed by atoms with Gasteiger partial charge in [-0.1, -0.05) is 139 Å². The maximum atomic E-state index is 2.56. The molecule has 2 aromatic carbocycles. The van der Waals surface area contributed by atoms with E-state index in [-0.39, 0.29) is 0 Å². The van der Waals surface area contributed by atoms with E-state index >= 15 is 0 Å². The molecular weight excluding hydrogens is 396 g/mol. The molecule has 0 nitrogen and oxygen atoms in total. The normalized spacial score (nSPS) is 21.3. The zero-order valence-electron chi connectivity index (χ0n) is 21.0. The summed E-state index contributed by atoms with van der Waals surface area (Å²) in [6, 6.07) is 16.4. The molecule has 0 radical (unpaired) electrons.